The van der Waals surface area contributed by atoms with Crippen LogP contribution in [0.2, 0.25) is 0 Å². The van der Waals surface area contributed by atoms with Crippen LogP contribution in [0.25, 0.3) is 0 Å². The van der Waals surface area contributed by atoms with Gasteiger partial charge in [0.25, 0.3) is 0 Å². The fraction of sp³-hybridized carbons (Fsp3) is 0.533. The molecular formula is C15H21FN2O. The van der Waals surface area contributed by atoms with Gasteiger partial charge in [-0.1, -0.05) is 0 Å². The Morgan fingerprint density at radius 3 is 2.84 bits per heavy atom. The first-order valence-corrected chi connectivity index (χ1v) is 6.64. The molecule has 1 N–H and O–H groups in total. The van der Waals surface area contributed by atoms with Crippen LogP contribution in [0.5, 0.6) is 0 Å². The number of rotatable bonds is 8. The highest BCUT2D eigenvalue weighted by molar-refractivity contribution is 5.33. The van der Waals surface area contributed by atoms with E-state index < -0.39 is 0 Å². The lowest BCUT2D eigenvalue weighted by molar-refractivity contribution is 0.0760. The molecule has 4 heteroatoms. The van der Waals surface area contributed by atoms with Crippen molar-refractivity contribution in [2.75, 3.05) is 13.2 Å². The number of nitriles is 1. The van der Waals surface area contributed by atoms with Crippen LogP contribution < -0.4 is 5.32 Å². The van der Waals surface area contributed by atoms with Gasteiger partial charge in [-0.25, -0.2) is 4.39 Å². The Bertz CT molecular complexity index is 427. The molecule has 0 saturated carbocycles. The predicted octanol–water partition coefficient (Wildman–Crippen LogP) is 2.99. The highest BCUT2D eigenvalue weighted by Crippen LogP contribution is 2.09. The topological polar surface area (TPSA) is 45.0 Å². The van der Waals surface area contributed by atoms with Crippen molar-refractivity contribution in [2.24, 2.45) is 0 Å². The van der Waals surface area contributed by atoms with Gasteiger partial charge < -0.3 is 10.1 Å². The maximum Gasteiger partial charge on any atom is 0.127 e. The molecule has 3 nitrogen and oxygen atoms in total. The maximum atomic E-state index is 13.5. The van der Waals surface area contributed by atoms with Gasteiger partial charge in [0, 0.05) is 18.7 Å². The summed E-state index contributed by atoms with van der Waals surface area (Å²) in [5.41, 5.74) is 1.03. The van der Waals surface area contributed by atoms with Gasteiger partial charge >= 0.3 is 0 Å². The normalized spacial score (nSPS) is 10.7. The van der Waals surface area contributed by atoms with E-state index >= 15 is 0 Å². The van der Waals surface area contributed by atoms with Crippen LogP contribution in [-0.4, -0.2) is 19.3 Å². The van der Waals surface area contributed by atoms with Crippen LogP contribution in [-0.2, 0) is 11.3 Å². The van der Waals surface area contributed by atoms with Crippen LogP contribution in [0, 0.1) is 17.1 Å². The molecule has 19 heavy (non-hydrogen) atoms. The Labute approximate surface area is 114 Å². The van der Waals surface area contributed by atoms with Gasteiger partial charge in [-0.15, -0.1) is 0 Å². The number of unbranched alkanes of at least 4 members (excludes halogenated alkanes) is 1. The molecule has 0 heterocycles. The Morgan fingerprint density at radius 1 is 1.37 bits per heavy atom. The molecule has 0 aliphatic rings. The second kappa shape index (κ2) is 8.63. The average molecular weight is 264 g/mol. The van der Waals surface area contributed by atoms with Crippen molar-refractivity contribution in [3.63, 3.8) is 0 Å². The van der Waals surface area contributed by atoms with Crippen LogP contribution in [0.1, 0.15) is 37.8 Å². The van der Waals surface area contributed by atoms with E-state index in [1.807, 2.05) is 19.9 Å². The van der Waals surface area contributed by atoms with Crippen LogP contribution >= 0.6 is 0 Å². The van der Waals surface area contributed by atoms with Gasteiger partial charge in [-0.2, -0.15) is 5.26 Å². The quantitative estimate of drug-likeness (QED) is 0.734. The first-order chi connectivity index (χ1) is 9.13. The van der Waals surface area contributed by atoms with E-state index in [4.69, 9.17) is 10.00 Å². The molecule has 0 aliphatic heterocycles. The van der Waals surface area contributed by atoms with Gasteiger partial charge in [0.2, 0.25) is 0 Å². The smallest absolute Gasteiger partial charge is 0.127 e. The van der Waals surface area contributed by atoms with E-state index in [0.717, 1.165) is 26.0 Å². The fourth-order valence-corrected chi connectivity index (χ4v) is 1.67. The summed E-state index contributed by atoms with van der Waals surface area (Å²) >= 11 is 0. The Balaban J connectivity index is 2.21. The van der Waals surface area contributed by atoms with Gasteiger partial charge in [-0.3, -0.25) is 0 Å². The molecule has 0 unspecified atom stereocenters. The molecule has 104 valence electrons. The predicted molar refractivity (Wildman–Crippen MR) is 73.1 cm³/mol. The largest absolute Gasteiger partial charge is 0.379 e. The summed E-state index contributed by atoms with van der Waals surface area (Å²) in [6, 6.07) is 6.43. The summed E-state index contributed by atoms with van der Waals surface area (Å²) in [7, 11) is 0. The molecule has 0 bridgehead atoms. The second-order valence-corrected chi connectivity index (χ2v) is 4.72. The SMILES string of the molecule is CC(C)OCCCCNCc1cc(C#N)ccc1F. The van der Waals surface area contributed by atoms with Gasteiger partial charge in [0.15, 0.2) is 0 Å². The molecule has 0 amide bonds. The van der Waals surface area contributed by atoms with Crippen molar-refractivity contribution < 1.29 is 9.13 Å². The zero-order valence-corrected chi connectivity index (χ0v) is 11.6. The van der Waals surface area contributed by atoms with Crippen molar-refractivity contribution in [3.8, 4) is 6.07 Å². The summed E-state index contributed by atoms with van der Waals surface area (Å²) in [5.74, 6) is -0.269. The summed E-state index contributed by atoms with van der Waals surface area (Å²) in [6.07, 6.45) is 2.26. The van der Waals surface area contributed by atoms with Crippen molar-refractivity contribution in [2.45, 2.75) is 39.3 Å². The molecule has 0 saturated heterocycles. The van der Waals surface area contributed by atoms with Gasteiger partial charge in [0.05, 0.1) is 17.7 Å². The third-order valence-electron chi connectivity index (χ3n) is 2.69. The maximum absolute atomic E-state index is 13.5. The Kier molecular flexibility index (Phi) is 7.09. The highest BCUT2D eigenvalue weighted by Gasteiger charge is 2.03. The Hall–Kier alpha value is -1.44. The molecule has 0 radical (unpaired) electrons. The first kappa shape index (κ1) is 15.6. The van der Waals surface area contributed by atoms with E-state index in [1.165, 1.54) is 12.1 Å². The minimum atomic E-state index is -0.269. The lowest BCUT2D eigenvalue weighted by Crippen LogP contribution is -2.16. The zero-order chi connectivity index (χ0) is 14.1. The first-order valence-electron chi connectivity index (χ1n) is 6.64. The highest BCUT2D eigenvalue weighted by atomic mass is 19.1. The number of hydrogen-bond acceptors (Lipinski definition) is 3. The Morgan fingerprint density at radius 2 is 2.16 bits per heavy atom. The standard InChI is InChI=1S/C15H21FN2O/c1-12(2)19-8-4-3-7-18-11-14-9-13(10-17)5-6-15(14)16/h5-6,9,12,18H,3-4,7-8,11H2,1-2H3. The summed E-state index contributed by atoms with van der Waals surface area (Å²) in [4.78, 5) is 0. The van der Waals surface area contributed by atoms with Crippen molar-refractivity contribution in [3.05, 3.63) is 35.1 Å². The van der Waals surface area contributed by atoms with E-state index in [9.17, 15) is 4.39 Å². The van der Waals surface area contributed by atoms with Crippen LogP contribution in [0.4, 0.5) is 4.39 Å². The van der Waals surface area contributed by atoms with Crippen molar-refractivity contribution in [1.82, 2.24) is 5.32 Å². The lowest BCUT2D eigenvalue weighted by Gasteiger charge is -2.08. The zero-order valence-electron chi connectivity index (χ0n) is 11.6. The summed E-state index contributed by atoms with van der Waals surface area (Å²) in [6.45, 7) is 6.06. The van der Waals surface area contributed by atoms with Crippen LogP contribution in [0.3, 0.4) is 0 Å². The van der Waals surface area contributed by atoms with Crippen molar-refractivity contribution >= 4 is 0 Å². The molecular weight excluding hydrogens is 243 g/mol. The number of nitrogens with zero attached hydrogens (tertiary/aromatic N) is 1. The van der Waals surface area contributed by atoms with E-state index in [1.54, 1.807) is 6.07 Å². The molecule has 0 fully saturated rings. The number of hydrogen-bond donors (Lipinski definition) is 1. The monoisotopic (exact) mass is 264 g/mol. The molecule has 1 aromatic carbocycles. The van der Waals surface area contributed by atoms with Crippen molar-refractivity contribution in [1.29, 1.82) is 5.26 Å². The van der Waals surface area contributed by atoms with E-state index in [2.05, 4.69) is 5.32 Å². The minimum absolute atomic E-state index is 0.269. The number of halogens is 1. The van der Waals surface area contributed by atoms with E-state index in [0.29, 0.717) is 17.7 Å². The summed E-state index contributed by atoms with van der Waals surface area (Å²) < 4.78 is 18.9. The molecule has 0 aliphatic carbocycles. The minimum Gasteiger partial charge on any atom is -0.379 e. The third-order valence-corrected chi connectivity index (χ3v) is 2.69. The number of nitrogens with one attached hydrogen (secondary N) is 1. The lowest BCUT2D eigenvalue weighted by atomic mass is 10.1. The van der Waals surface area contributed by atoms with Gasteiger partial charge in [-0.05, 0) is 51.4 Å². The molecule has 0 atom stereocenters. The molecule has 0 aromatic heterocycles. The third kappa shape index (κ3) is 6.32. The summed E-state index contributed by atoms with van der Waals surface area (Å²) in [5, 5.41) is 11.9. The second-order valence-electron chi connectivity index (χ2n) is 4.72. The molecule has 1 aromatic rings. The van der Waals surface area contributed by atoms with Crippen LogP contribution in [0.15, 0.2) is 18.2 Å². The van der Waals surface area contributed by atoms with Gasteiger partial charge in [0.1, 0.15) is 5.82 Å². The molecule has 1 rings (SSSR count). The average Bonchev–Trinajstić information content (AvgIpc) is 2.39. The fourth-order valence-electron chi connectivity index (χ4n) is 1.67. The number of ether oxygens (including phenoxy) is 1. The molecule has 0 spiro atoms. The number of benzene rings is 1. The van der Waals surface area contributed by atoms with E-state index in [-0.39, 0.29) is 11.9 Å².